The standard InChI is InChI=1S/C14H12BrN5/c15-12-3-1-2-9-4-5-20(7-11(9)12)14-10-6-18-19-13(10)16-8-17-14/h1-3,6,8H,4-5,7H2,(H,16,17,18,19). The number of H-pyrrole nitrogens is 1. The number of hydrogen-bond donors (Lipinski definition) is 1. The maximum atomic E-state index is 4.44. The summed E-state index contributed by atoms with van der Waals surface area (Å²) in [5, 5.41) is 7.92. The van der Waals surface area contributed by atoms with E-state index >= 15 is 0 Å². The fraction of sp³-hybridized carbons (Fsp3) is 0.214. The summed E-state index contributed by atoms with van der Waals surface area (Å²) in [6.45, 7) is 1.81. The second-order valence-corrected chi connectivity index (χ2v) is 5.73. The molecule has 0 aliphatic carbocycles. The lowest BCUT2D eigenvalue weighted by atomic mass is 10.00. The highest BCUT2D eigenvalue weighted by atomic mass is 79.9. The van der Waals surface area contributed by atoms with Crippen molar-refractivity contribution in [1.82, 2.24) is 20.2 Å². The smallest absolute Gasteiger partial charge is 0.160 e. The van der Waals surface area contributed by atoms with Gasteiger partial charge >= 0.3 is 0 Å². The Bertz CT molecular complexity index is 782. The molecule has 100 valence electrons. The second kappa shape index (κ2) is 4.56. The van der Waals surface area contributed by atoms with Crippen molar-refractivity contribution in [2.24, 2.45) is 0 Å². The van der Waals surface area contributed by atoms with Crippen molar-refractivity contribution in [1.29, 1.82) is 0 Å². The lowest BCUT2D eigenvalue weighted by Gasteiger charge is -2.30. The van der Waals surface area contributed by atoms with Gasteiger partial charge in [-0.1, -0.05) is 28.1 Å². The predicted molar refractivity (Wildman–Crippen MR) is 80.6 cm³/mol. The van der Waals surface area contributed by atoms with E-state index in [1.54, 1.807) is 12.5 Å². The van der Waals surface area contributed by atoms with Gasteiger partial charge in [0, 0.05) is 17.6 Å². The van der Waals surface area contributed by atoms with Crippen molar-refractivity contribution >= 4 is 32.8 Å². The summed E-state index contributed by atoms with van der Waals surface area (Å²) >= 11 is 3.65. The van der Waals surface area contributed by atoms with E-state index in [9.17, 15) is 0 Å². The van der Waals surface area contributed by atoms with Crippen molar-refractivity contribution in [2.75, 3.05) is 11.4 Å². The Morgan fingerprint density at radius 2 is 2.20 bits per heavy atom. The first kappa shape index (κ1) is 11.8. The van der Waals surface area contributed by atoms with Gasteiger partial charge in [0.05, 0.1) is 11.6 Å². The van der Waals surface area contributed by atoms with Crippen LogP contribution in [0.3, 0.4) is 0 Å². The van der Waals surface area contributed by atoms with E-state index in [0.29, 0.717) is 0 Å². The molecule has 0 saturated carbocycles. The molecular weight excluding hydrogens is 318 g/mol. The normalized spacial score (nSPS) is 14.6. The molecule has 0 atom stereocenters. The molecule has 1 N–H and O–H groups in total. The van der Waals surface area contributed by atoms with E-state index < -0.39 is 0 Å². The minimum Gasteiger partial charge on any atom is -0.351 e. The monoisotopic (exact) mass is 329 g/mol. The highest BCUT2D eigenvalue weighted by Crippen LogP contribution is 2.30. The molecule has 2 aromatic heterocycles. The van der Waals surface area contributed by atoms with Gasteiger partial charge in [0.2, 0.25) is 0 Å². The zero-order valence-corrected chi connectivity index (χ0v) is 12.3. The van der Waals surface area contributed by atoms with Gasteiger partial charge in [0.15, 0.2) is 5.65 Å². The van der Waals surface area contributed by atoms with Crippen molar-refractivity contribution < 1.29 is 0 Å². The van der Waals surface area contributed by atoms with Crippen LogP contribution in [0.5, 0.6) is 0 Å². The average molecular weight is 330 g/mol. The second-order valence-electron chi connectivity index (χ2n) is 4.88. The van der Waals surface area contributed by atoms with E-state index in [-0.39, 0.29) is 0 Å². The van der Waals surface area contributed by atoms with Gasteiger partial charge in [-0.05, 0) is 23.6 Å². The summed E-state index contributed by atoms with van der Waals surface area (Å²) in [5.41, 5.74) is 3.54. The first-order chi connectivity index (χ1) is 9.83. The number of fused-ring (bicyclic) bond motifs is 2. The van der Waals surface area contributed by atoms with Gasteiger partial charge in [0.1, 0.15) is 12.1 Å². The average Bonchev–Trinajstić information content (AvgIpc) is 2.96. The van der Waals surface area contributed by atoms with Crippen LogP contribution in [0.15, 0.2) is 35.2 Å². The minimum atomic E-state index is 0.785. The Morgan fingerprint density at radius 1 is 1.25 bits per heavy atom. The number of anilines is 1. The van der Waals surface area contributed by atoms with Crippen molar-refractivity contribution in [3.05, 3.63) is 46.3 Å². The number of aromatic amines is 1. The molecule has 3 heterocycles. The van der Waals surface area contributed by atoms with Crippen LogP contribution in [0.2, 0.25) is 0 Å². The lowest BCUT2D eigenvalue weighted by Crippen LogP contribution is -2.31. The molecular formula is C14H12BrN5. The van der Waals surface area contributed by atoms with Crippen LogP contribution >= 0.6 is 15.9 Å². The molecule has 5 nitrogen and oxygen atoms in total. The number of rotatable bonds is 1. The summed E-state index contributed by atoms with van der Waals surface area (Å²) in [5.74, 6) is 0.949. The number of nitrogens with zero attached hydrogens (tertiary/aromatic N) is 4. The van der Waals surface area contributed by atoms with Gasteiger partial charge in [0.25, 0.3) is 0 Å². The molecule has 0 radical (unpaired) electrons. The molecule has 0 spiro atoms. The van der Waals surface area contributed by atoms with Crippen molar-refractivity contribution in [3.63, 3.8) is 0 Å². The van der Waals surface area contributed by atoms with Crippen LogP contribution in [0, 0.1) is 0 Å². The quantitative estimate of drug-likeness (QED) is 0.745. The lowest BCUT2D eigenvalue weighted by molar-refractivity contribution is 0.720. The third kappa shape index (κ3) is 1.79. The Morgan fingerprint density at radius 3 is 3.15 bits per heavy atom. The van der Waals surface area contributed by atoms with E-state index in [0.717, 1.165) is 40.8 Å². The summed E-state index contributed by atoms with van der Waals surface area (Å²) < 4.78 is 1.16. The first-order valence-electron chi connectivity index (χ1n) is 6.48. The highest BCUT2D eigenvalue weighted by molar-refractivity contribution is 9.10. The zero-order valence-electron chi connectivity index (χ0n) is 10.7. The van der Waals surface area contributed by atoms with E-state index in [4.69, 9.17) is 0 Å². The third-order valence-corrected chi connectivity index (χ3v) is 4.49. The molecule has 0 unspecified atom stereocenters. The number of nitrogens with one attached hydrogen (secondary N) is 1. The van der Waals surface area contributed by atoms with Crippen LogP contribution in [-0.2, 0) is 13.0 Å². The molecule has 0 amide bonds. The van der Waals surface area contributed by atoms with Gasteiger partial charge in [-0.15, -0.1) is 0 Å². The molecule has 0 saturated heterocycles. The number of halogens is 1. The fourth-order valence-corrected chi connectivity index (χ4v) is 3.26. The van der Waals surface area contributed by atoms with E-state index in [1.807, 2.05) is 0 Å². The number of hydrogen-bond acceptors (Lipinski definition) is 4. The Labute approximate surface area is 124 Å². The van der Waals surface area contributed by atoms with Crippen LogP contribution in [-0.4, -0.2) is 26.7 Å². The molecule has 3 aromatic rings. The molecule has 1 aromatic carbocycles. The zero-order chi connectivity index (χ0) is 13.5. The fourth-order valence-electron chi connectivity index (χ4n) is 2.72. The largest absolute Gasteiger partial charge is 0.351 e. The SMILES string of the molecule is Brc1cccc2c1CN(c1ncnc3[nH]ncc13)CC2. The van der Waals surface area contributed by atoms with E-state index in [2.05, 4.69) is 59.2 Å². The summed E-state index contributed by atoms with van der Waals surface area (Å²) in [6.07, 6.45) is 4.41. The molecule has 6 heteroatoms. The van der Waals surface area contributed by atoms with Crippen molar-refractivity contribution in [2.45, 2.75) is 13.0 Å². The van der Waals surface area contributed by atoms with Crippen LogP contribution in [0.1, 0.15) is 11.1 Å². The maximum absolute atomic E-state index is 4.44. The van der Waals surface area contributed by atoms with Crippen LogP contribution in [0.4, 0.5) is 5.82 Å². The Balaban J connectivity index is 1.78. The summed E-state index contributed by atoms with van der Waals surface area (Å²) in [7, 11) is 0. The first-order valence-corrected chi connectivity index (χ1v) is 7.27. The topological polar surface area (TPSA) is 57.7 Å². The molecule has 20 heavy (non-hydrogen) atoms. The Hall–Kier alpha value is -1.95. The molecule has 0 bridgehead atoms. The van der Waals surface area contributed by atoms with E-state index in [1.165, 1.54) is 11.1 Å². The van der Waals surface area contributed by atoms with Crippen molar-refractivity contribution in [3.8, 4) is 0 Å². The van der Waals surface area contributed by atoms with Gasteiger partial charge in [-0.3, -0.25) is 5.10 Å². The summed E-state index contributed by atoms with van der Waals surface area (Å²) in [6, 6.07) is 6.39. The molecule has 1 aliphatic rings. The Kier molecular flexibility index (Phi) is 2.70. The number of aromatic nitrogens is 4. The van der Waals surface area contributed by atoms with Crippen LogP contribution < -0.4 is 4.90 Å². The van der Waals surface area contributed by atoms with Gasteiger partial charge in [-0.2, -0.15) is 5.10 Å². The highest BCUT2D eigenvalue weighted by Gasteiger charge is 2.21. The predicted octanol–water partition coefficient (Wildman–Crippen LogP) is 2.68. The van der Waals surface area contributed by atoms with Gasteiger partial charge < -0.3 is 4.90 Å². The minimum absolute atomic E-state index is 0.785. The molecule has 1 aliphatic heterocycles. The number of benzene rings is 1. The third-order valence-electron chi connectivity index (χ3n) is 3.74. The van der Waals surface area contributed by atoms with Crippen LogP contribution in [0.25, 0.3) is 11.0 Å². The molecule has 4 rings (SSSR count). The maximum Gasteiger partial charge on any atom is 0.160 e. The molecule has 0 fully saturated rings. The summed E-state index contributed by atoms with van der Waals surface area (Å²) in [4.78, 5) is 10.9. The van der Waals surface area contributed by atoms with Gasteiger partial charge in [-0.25, -0.2) is 9.97 Å².